The third-order valence-electron chi connectivity index (χ3n) is 8.79. The van der Waals surface area contributed by atoms with Gasteiger partial charge in [-0.3, -0.25) is 0 Å². The number of fused-ring (bicyclic) bond motifs is 8. The van der Waals surface area contributed by atoms with Gasteiger partial charge in [0.2, 0.25) is 0 Å². The summed E-state index contributed by atoms with van der Waals surface area (Å²) in [5.41, 5.74) is 17.6. The average molecular weight is 575 g/mol. The van der Waals surface area contributed by atoms with Gasteiger partial charge < -0.3 is 9.97 Å². The van der Waals surface area contributed by atoms with Crippen LogP contribution in [0, 0.1) is 13.8 Å². The molecule has 44 heavy (non-hydrogen) atoms. The number of nitrogens with one attached hydrogen (secondary N) is 2. The Morgan fingerprint density at radius 3 is 1.39 bits per heavy atom. The molecule has 2 aliphatic rings. The predicted molar refractivity (Wildman–Crippen MR) is 187 cm³/mol. The summed E-state index contributed by atoms with van der Waals surface area (Å²) in [5, 5.41) is 0. The van der Waals surface area contributed by atoms with Crippen molar-refractivity contribution in [2.45, 2.75) is 53.4 Å². The number of aryl methyl sites for hydroxylation is 3. The van der Waals surface area contributed by atoms with Crippen LogP contribution >= 0.6 is 0 Å². The van der Waals surface area contributed by atoms with E-state index in [9.17, 15) is 0 Å². The number of nitrogens with zero attached hydrogens (tertiary/aromatic N) is 2. The maximum Gasteiger partial charge on any atom is 0.0737 e. The van der Waals surface area contributed by atoms with E-state index in [4.69, 9.17) is 9.97 Å². The molecule has 0 saturated carbocycles. The maximum atomic E-state index is 5.21. The third kappa shape index (κ3) is 5.11. The van der Waals surface area contributed by atoms with Gasteiger partial charge in [0.05, 0.1) is 22.8 Å². The monoisotopic (exact) mass is 574 g/mol. The molecule has 0 spiro atoms. The number of H-pyrrole nitrogens is 2. The minimum Gasteiger partial charge on any atom is -0.355 e. The molecule has 7 rings (SSSR count). The van der Waals surface area contributed by atoms with Crippen LogP contribution in [0.25, 0.3) is 68.6 Å². The molecule has 8 bridgehead atoms. The van der Waals surface area contributed by atoms with E-state index in [1.165, 1.54) is 22.3 Å². The Morgan fingerprint density at radius 2 is 0.932 bits per heavy atom. The first-order chi connectivity index (χ1) is 21.5. The van der Waals surface area contributed by atoms with Gasteiger partial charge in [-0.25, -0.2) is 9.97 Å². The van der Waals surface area contributed by atoms with Crippen molar-refractivity contribution in [3.63, 3.8) is 0 Å². The summed E-state index contributed by atoms with van der Waals surface area (Å²) in [6, 6.07) is 26.5. The summed E-state index contributed by atoms with van der Waals surface area (Å²) in [5.74, 6) is 0. The second kappa shape index (κ2) is 11.6. The van der Waals surface area contributed by atoms with Gasteiger partial charge >= 0.3 is 0 Å². The Balaban J connectivity index is 1.56. The van der Waals surface area contributed by atoms with E-state index in [2.05, 4.69) is 135 Å². The normalized spacial score (nSPS) is 12.3. The van der Waals surface area contributed by atoms with Gasteiger partial charge in [0.15, 0.2) is 0 Å². The average Bonchev–Trinajstić information content (AvgIpc) is 3.86. The Kier molecular flexibility index (Phi) is 7.35. The van der Waals surface area contributed by atoms with Crippen LogP contribution in [0.4, 0.5) is 0 Å². The van der Waals surface area contributed by atoms with Crippen LogP contribution < -0.4 is 0 Å². The molecule has 0 amide bonds. The molecular weight excluding hydrogens is 536 g/mol. The van der Waals surface area contributed by atoms with E-state index in [1.807, 2.05) is 0 Å². The molecule has 0 unspecified atom stereocenters. The zero-order valence-electron chi connectivity index (χ0n) is 26.0. The largest absolute Gasteiger partial charge is 0.355 e. The molecule has 218 valence electrons. The first-order valence-electron chi connectivity index (χ1n) is 15.8. The van der Waals surface area contributed by atoms with Crippen LogP contribution in [-0.2, 0) is 12.8 Å². The van der Waals surface area contributed by atoms with Crippen molar-refractivity contribution in [1.82, 2.24) is 19.9 Å². The molecule has 0 fully saturated rings. The second-order valence-corrected chi connectivity index (χ2v) is 11.9. The minimum absolute atomic E-state index is 0.946. The fourth-order valence-electron chi connectivity index (χ4n) is 6.44. The molecule has 5 aromatic rings. The summed E-state index contributed by atoms with van der Waals surface area (Å²) in [6.45, 7) is 8.76. The topological polar surface area (TPSA) is 57.4 Å². The molecule has 2 N–H and O–H groups in total. The van der Waals surface area contributed by atoms with Gasteiger partial charge in [-0.2, -0.15) is 0 Å². The number of benzene rings is 2. The molecule has 0 saturated heterocycles. The Labute approximate surface area is 259 Å². The van der Waals surface area contributed by atoms with Crippen molar-refractivity contribution < 1.29 is 0 Å². The quantitative estimate of drug-likeness (QED) is 0.208. The SMILES string of the molecule is CCCc1cccc(-c2c3nc(c(C)c4nc(c(-c5cccc(CCC)c5)c5ccc([nH]5)c(C)c5ccc2[nH]5)C=C4)C=C3)c1. The third-order valence-corrected chi connectivity index (χ3v) is 8.79. The van der Waals surface area contributed by atoms with Crippen molar-refractivity contribution >= 4 is 46.4 Å². The first kappa shape index (κ1) is 27.8. The zero-order chi connectivity index (χ0) is 30.2. The molecule has 5 heterocycles. The number of rotatable bonds is 6. The van der Waals surface area contributed by atoms with Crippen LogP contribution in [0.3, 0.4) is 0 Å². The molecule has 0 radical (unpaired) electrons. The Morgan fingerprint density at radius 1 is 0.500 bits per heavy atom. The number of aromatic nitrogens is 4. The smallest absolute Gasteiger partial charge is 0.0737 e. The van der Waals surface area contributed by atoms with Crippen LogP contribution in [0.15, 0.2) is 72.8 Å². The minimum atomic E-state index is 0.946. The van der Waals surface area contributed by atoms with Crippen LogP contribution in [0.2, 0.25) is 0 Å². The van der Waals surface area contributed by atoms with Gasteiger partial charge in [-0.1, -0.05) is 75.2 Å². The van der Waals surface area contributed by atoms with E-state index < -0.39 is 0 Å². The van der Waals surface area contributed by atoms with Crippen molar-refractivity contribution in [2.24, 2.45) is 0 Å². The lowest BCUT2D eigenvalue weighted by atomic mass is 10.00. The lowest BCUT2D eigenvalue weighted by molar-refractivity contribution is 0.922. The number of hydrogen-bond acceptors (Lipinski definition) is 2. The summed E-state index contributed by atoms with van der Waals surface area (Å²) < 4.78 is 0. The van der Waals surface area contributed by atoms with Gasteiger partial charge in [0.25, 0.3) is 0 Å². The molecule has 0 atom stereocenters. The second-order valence-electron chi connectivity index (χ2n) is 11.9. The van der Waals surface area contributed by atoms with Crippen molar-refractivity contribution in [3.05, 3.63) is 118 Å². The van der Waals surface area contributed by atoms with Crippen LogP contribution in [0.5, 0.6) is 0 Å². The van der Waals surface area contributed by atoms with Crippen molar-refractivity contribution in [2.75, 3.05) is 0 Å². The fraction of sp³-hybridized carbons (Fsp3) is 0.200. The summed E-state index contributed by atoms with van der Waals surface area (Å²) in [4.78, 5) is 17.9. The fourth-order valence-corrected chi connectivity index (χ4v) is 6.44. The highest BCUT2D eigenvalue weighted by Crippen LogP contribution is 2.34. The number of hydrogen-bond donors (Lipinski definition) is 2. The molecule has 0 aliphatic carbocycles. The predicted octanol–water partition coefficient (Wildman–Crippen LogP) is 10.5. The highest BCUT2D eigenvalue weighted by atomic mass is 14.8. The molecule has 4 heteroatoms. The maximum absolute atomic E-state index is 5.21. The zero-order valence-corrected chi connectivity index (χ0v) is 26.0. The number of aromatic amines is 2. The highest BCUT2D eigenvalue weighted by Gasteiger charge is 2.16. The standard InChI is InChI=1S/C40H38N4/c1-5-9-27-11-7-13-29(23-27)39-35-19-15-31(41-35)25(3)33-17-21-37(43-33)40(30-14-8-12-28(24-30)10-6-2)38-22-18-34(44-38)26(4)32-16-20-36(39)42-32/h7-8,11-24,41,43H,5-6,9-10H2,1-4H3. The van der Waals surface area contributed by atoms with Crippen LogP contribution in [0.1, 0.15) is 71.7 Å². The lowest BCUT2D eigenvalue weighted by Crippen LogP contribution is -1.91. The van der Waals surface area contributed by atoms with Gasteiger partial charge in [-0.15, -0.1) is 0 Å². The summed E-state index contributed by atoms with van der Waals surface area (Å²) in [7, 11) is 0. The molecule has 2 aliphatic heterocycles. The molecule has 2 aromatic carbocycles. The van der Waals surface area contributed by atoms with Gasteiger partial charge in [0, 0.05) is 38.8 Å². The van der Waals surface area contributed by atoms with Gasteiger partial charge in [0.1, 0.15) is 0 Å². The molecular formula is C40H38N4. The van der Waals surface area contributed by atoms with Crippen molar-refractivity contribution in [3.8, 4) is 22.3 Å². The van der Waals surface area contributed by atoms with E-state index in [1.54, 1.807) is 0 Å². The lowest BCUT2D eigenvalue weighted by Gasteiger charge is -2.07. The Hall–Kier alpha value is -4.96. The van der Waals surface area contributed by atoms with Crippen LogP contribution in [-0.4, -0.2) is 19.9 Å². The Bertz CT molecular complexity index is 1970. The van der Waals surface area contributed by atoms with E-state index in [0.717, 1.165) is 92.8 Å². The van der Waals surface area contributed by atoms with E-state index in [0.29, 0.717) is 0 Å². The first-order valence-corrected chi connectivity index (χ1v) is 15.8. The van der Waals surface area contributed by atoms with E-state index in [-0.39, 0.29) is 0 Å². The summed E-state index contributed by atoms with van der Waals surface area (Å²) >= 11 is 0. The molecule has 3 aromatic heterocycles. The summed E-state index contributed by atoms with van der Waals surface area (Å²) in [6.07, 6.45) is 12.9. The molecule has 4 nitrogen and oxygen atoms in total. The van der Waals surface area contributed by atoms with E-state index >= 15 is 0 Å². The van der Waals surface area contributed by atoms with Gasteiger partial charge in [-0.05, 0) is 103 Å². The highest BCUT2D eigenvalue weighted by molar-refractivity contribution is 5.94. The van der Waals surface area contributed by atoms with Crippen molar-refractivity contribution in [1.29, 1.82) is 0 Å².